The number of allylic oxidation sites excluding steroid dienone is 2. The van der Waals surface area contributed by atoms with Gasteiger partial charge in [-0.25, -0.2) is 9.48 Å². The number of benzene rings is 1. The SMILES string of the molecule is CC1=CC(C)=[N+]2C1=C(c1ccc(-c3cn(Cc4cn([C@H]5C[C@H](O)[C@@H](CO)O5)c(=O)[nH]c4=O)nn3)cc1)c1c(C)cc(C)n1[B-]2(F)F. The van der Waals surface area contributed by atoms with E-state index in [1.807, 2.05) is 38.1 Å². The van der Waals surface area contributed by atoms with E-state index in [9.17, 15) is 19.8 Å². The van der Waals surface area contributed by atoms with Crippen LogP contribution in [-0.4, -0.2) is 75.2 Å². The molecule has 12 nitrogen and oxygen atoms in total. The number of nitrogens with one attached hydrogen (secondary N) is 1. The molecule has 7 rings (SSSR count). The van der Waals surface area contributed by atoms with Gasteiger partial charge < -0.3 is 32.5 Å². The number of aromatic amines is 1. The van der Waals surface area contributed by atoms with Crippen LogP contribution in [0.25, 0.3) is 16.8 Å². The molecule has 0 radical (unpaired) electrons. The number of aliphatic hydroxyl groups excluding tert-OH is 2. The number of H-pyrrole nitrogens is 1. The molecule has 3 aliphatic heterocycles. The van der Waals surface area contributed by atoms with Gasteiger partial charge in [0.05, 0.1) is 36.6 Å². The summed E-state index contributed by atoms with van der Waals surface area (Å²) in [7, 11) is 0. The van der Waals surface area contributed by atoms with Crippen molar-refractivity contribution in [3.05, 3.63) is 109 Å². The summed E-state index contributed by atoms with van der Waals surface area (Å²) in [5.74, 6) is 0. The number of nitrogens with zero attached hydrogens (tertiary/aromatic N) is 6. The predicted molar refractivity (Wildman–Crippen MR) is 165 cm³/mol. The second-order valence-electron chi connectivity index (χ2n) is 12.2. The molecule has 238 valence electrons. The molecule has 15 heteroatoms. The minimum absolute atomic E-state index is 0.00147. The van der Waals surface area contributed by atoms with Crippen molar-refractivity contribution in [2.45, 2.75) is 59.1 Å². The predicted octanol–water partition coefficient (Wildman–Crippen LogP) is 2.33. The van der Waals surface area contributed by atoms with Crippen molar-refractivity contribution in [1.29, 1.82) is 0 Å². The smallest absolute Gasteiger partial charge is 0.394 e. The van der Waals surface area contributed by atoms with Gasteiger partial charge >= 0.3 is 12.7 Å². The van der Waals surface area contributed by atoms with E-state index in [-0.39, 0.29) is 18.5 Å². The first-order valence-corrected chi connectivity index (χ1v) is 15.0. The Bertz CT molecular complexity index is 2120. The topological polar surface area (TPSA) is 143 Å². The maximum atomic E-state index is 16.0. The van der Waals surface area contributed by atoms with E-state index in [1.54, 1.807) is 32.2 Å². The third kappa shape index (κ3) is 4.56. The molecule has 3 N–H and O–H groups in total. The fourth-order valence-electron chi connectivity index (χ4n) is 6.97. The Balaban J connectivity index is 1.19. The fraction of sp³-hybridized carbons (Fsp3) is 0.323. The Hall–Kier alpha value is -4.73. The lowest BCUT2D eigenvalue weighted by atomic mass is 9.83. The lowest BCUT2D eigenvalue weighted by Gasteiger charge is -2.34. The third-order valence-electron chi connectivity index (χ3n) is 9.01. The maximum absolute atomic E-state index is 16.0. The van der Waals surface area contributed by atoms with Crippen LogP contribution in [0.15, 0.2) is 69.7 Å². The summed E-state index contributed by atoms with van der Waals surface area (Å²) in [6.07, 6.45) is 2.28. The maximum Gasteiger partial charge on any atom is 0.737 e. The van der Waals surface area contributed by atoms with Gasteiger partial charge in [-0.3, -0.25) is 14.3 Å². The summed E-state index contributed by atoms with van der Waals surface area (Å²) in [5.41, 5.74) is 5.25. The number of aromatic nitrogens is 6. The number of aliphatic hydroxyl groups is 2. The lowest BCUT2D eigenvalue weighted by molar-refractivity contribution is -0.363. The summed E-state index contributed by atoms with van der Waals surface area (Å²) < 4.78 is 42.5. The van der Waals surface area contributed by atoms with E-state index in [4.69, 9.17) is 4.74 Å². The number of hydrogen-bond donors (Lipinski definition) is 3. The van der Waals surface area contributed by atoms with Gasteiger partial charge in [0.1, 0.15) is 23.7 Å². The van der Waals surface area contributed by atoms with Crippen molar-refractivity contribution in [2.75, 3.05) is 6.61 Å². The minimum Gasteiger partial charge on any atom is -0.394 e. The van der Waals surface area contributed by atoms with E-state index in [1.165, 1.54) is 24.4 Å². The van der Waals surface area contributed by atoms with Crippen molar-refractivity contribution in [2.24, 2.45) is 0 Å². The Morgan fingerprint density at radius 2 is 1.83 bits per heavy atom. The quantitative estimate of drug-likeness (QED) is 0.277. The summed E-state index contributed by atoms with van der Waals surface area (Å²) in [4.78, 5) is 27.4. The first-order chi connectivity index (χ1) is 21.9. The molecule has 1 saturated heterocycles. The molecule has 6 heterocycles. The van der Waals surface area contributed by atoms with Crippen LogP contribution in [0.2, 0.25) is 0 Å². The van der Waals surface area contributed by atoms with E-state index in [0.717, 1.165) is 27.8 Å². The van der Waals surface area contributed by atoms with Crippen LogP contribution in [0.4, 0.5) is 8.63 Å². The largest absolute Gasteiger partial charge is 0.737 e. The number of aryl methyl sites for hydroxylation is 2. The second kappa shape index (κ2) is 10.7. The highest BCUT2D eigenvalue weighted by atomic mass is 19.2. The minimum atomic E-state index is -4.07. The molecule has 1 aromatic carbocycles. The molecule has 1 fully saturated rings. The highest BCUT2D eigenvalue weighted by Gasteiger charge is 2.55. The first kappa shape index (κ1) is 30.0. The van der Waals surface area contributed by atoms with Crippen molar-refractivity contribution in [3.63, 3.8) is 0 Å². The standard InChI is InChI=1S/C31H32BF2N7O5/c1-16-9-18(3)40-28(16)27(29-17(2)10-19(4)41(29)32(40,33)34)21-7-5-20(6-8-21)23-14-38(37-36-23)12-22-13-39(31(45)35-30(22)44)26-11-24(43)25(15-42)46-26/h5-10,13-14,24-26,42-43H,11-12,15H2,1-4H3,(H,35,44,45)/t24-,25+,26+/m0/s1. The number of ether oxygens (including phenoxy) is 1. The van der Waals surface area contributed by atoms with Gasteiger partial charge in [-0.05, 0) is 43.7 Å². The van der Waals surface area contributed by atoms with Gasteiger partial charge in [0.25, 0.3) is 5.56 Å². The van der Waals surface area contributed by atoms with Crippen LogP contribution in [0.5, 0.6) is 0 Å². The van der Waals surface area contributed by atoms with Gasteiger partial charge in [0.15, 0.2) is 5.70 Å². The number of halogens is 2. The third-order valence-corrected chi connectivity index (χ3v) is 9.01. The van der Waals surface area contributed by atoms with Crippen LogP contribution in [0, 0.1) is 13.8 Å². The molecule has 0 spiro atoms. The summed E-state index contributed by atoms with van der Waals surface area (Å²) in [6, 6.07) is 9.27. The Kier molecular flexibility index (Phi) is 6.95. The highest BCUT2D eigenvalue weighted by Crippen LogP contribution is 2.44. The molecule has 46 heavy (non-hydrogen) atoms. The Morgan fingerprint density at radius 1 is 1.11 bits per heavy atom. The average Bonchev–Trinajstić information content (AvgIpc) is 3.76. The number of hydrogen-bond acceptors (Lipinski definition) is 7. The molecule has 0 amide bonds. The molecule has 0 aliphatic carbocycles. The molecule has 3 aromatic heterocycles. The van der Waals surface area contributed by atoms with Gasteiger partial charge in [0.2, 0.25) is 0 Å². The van der Waals surface area contributed by atoms with E-state index < -0.39 is 43.3 Å². The number of rotatable bonds is 6. The summed E-state index contributed by atoms with van der Waals surface area (Å²) >= 11 is 0. The van der Waals surface area contributed by atoms with Crippen LogP contribution < -0.4 is 11.2 Å². The highest BCUT2D eigenvalue weighted by molar-refractivity contribution is 6.58. The van der Waals surface area contributed by atoms with Gasteiger partial charge in [-0.2, -0.15) is 0 Å². The molecule has 4 aromatic rings. The zero-order chi connectivity index (χ0) is 32.7. The van der Waals surface area contributed by atoms with Crippen LogP contribution in [0.3, 0.4) is 0 Å². The Labute approximate surface area is 261 Å². The summed E-state index contributed by atoms with van der Waals surface area (Å²) in [6.45, 7) is 2.64. The molecule has 3 aliphatic rings. The average molecular weight is 631 g/mol. The lowest BCUT2D eigenvalue weighted by Crippen LogP contribution is -2.51. The molecular formula is C31H32BF2N7O5. The molecular weight excluding hydrogens is 599 g/mol. The first-order valence-electron chi connectivity index (χ1n) is 15.0. The Morgan fingerprint density at radius 3 is 2.52 bits per heavy atom. The molecule has 0 unspecified atom stereocenters. The second-order valence-corrected chi connectivity index (χ2v) is 12.2. The van der Waals surface area contributed by atoms with E-state index >= 15 is 8.63 Å². The van der Waals surface area contributed by atoms with Crippen molar-refractivity contribution >= 4 is 18.3 Å². The zero-order valence-corrected chi connectivity index (χ0v) is 25.6. The van der Waals surface area contributed by atoms with E-state index in [0.29, 0.717) is 28.5 Å². The van der Waals surface area contributed by atoms with Crippen molar-refractivity contribution in [3.8, 4) is 11.3 Å². The molecule has 0 saturated carbocycles. The van der Waals surface area contributed by atoms with Crippen LogP contribution in [-0.2, 0) is 11.3 Å². The van der Waals surface area contributed by atoms with Gasteiger partial charge in [-0.15, -0.1) is 5.10 Å². The number of fused-ring (bicyclic) bond motifs is 2. The van der Waals surface area contributed by atoms with Crippen LogP contribution in [0.1, 0.15) is 54.6 Å². The van der Waals surface area contributed by atoms with Crippen molar-refractivity contribution < 1.29 is 28.1 Å². The van der Waals surface area contributed by atoms with E-state index in [2.05, 4.69) is 15.3 Å². The normalized spacial score (nSPS) is 22.0. The van der Waals surface area contributed by atoms with Crippen molar-refractivity contribution in [1.82, 2.24) is 29.0 Å². The fourth-order valence-corrected chi connectivity index (χ4v) is 6.97. The molecule has 0 bridgehead atoms. The zero-order valence-electron chi connectivity index (χ0n) is 25.6. The van der Waals surface area contributed by atoms with Gasteiger partial charge in [-0.1, -0.05) is 29.5 Å². The molecule has 3 atom stereocenters. The summed E-state index contributed by atoms with van der Waals surface area (Å²) in [5, 5.41) is 27.9. The monoisotopic (exact) mass is 631 g/mol. The van der Waals surface area contributed by atoms with Crippen LogP contribution >= 0.6 is 0 Å². The van der Waals surface area contributed by atoms with Gasteiger partial charge in [0, 0.05) is 42.4 Å².